The molecule has 0 atom stereocenters. The van der Waals surface area contributed by atoms with Crippen molar-refractivity contribution in [1.82, 2.24) is 0 Å². The zero-order valence-electron chi connectivity index (χ0n) is 33.8. The van der Waals surface area contributed by atoms with Gasteiger partial charge < -0.3 is 14.4 Å². The average Bonchev–Trinajstić information content (AvgIpc) is 3.86. The van der Waals surface area contributed by atoms with Crippen LogP contribution in [0.2, 0.25) is 0 Å². The molecule has 0 radical (unpaired) electrons. The monoisotopic (exact) mass is 781 g/mol. The molecule has 0 saturated heterocycles. The van der Waals surface area contributed by atoms with Gasteiger partial charge in [-0.05, 0) is 132 Å². The molecule has 0 unspecified atom stereocenters. The quantitative estimate of drug-likeness (QED) is 0.177. The first-order valence-corrected chi connectivity index (χ1v) is 21.2. The Kier molecular flexibility index (Phi) is 6.99. The number of rotatable bonds is 4. The number of benzene rings is 9. The molecule has 13 rings (SSSR count). The third kappa shape index (κ3) is 4.63. The highest BCUT2D eigenvalue weighted by Crippen LogP contribution is 2.65. The molecule has 0 amide bonds. The fraction of sp³-hybridized carbons (Fsp3) is 0.0690. The average molecular weight is 782 g/mol. The van der Waals surface area contributed by atoms with E-state index in [1.54, 1.807) is 0 Å². The predicted octanol–water partition coefficient (Wildman–Crippen LogP) is 15.4. The van der Waals surface area contributed by atoms with Gasteiger partial charge in [0.2, 0.25) is 0 Å². The van der Waals surface area contributed by atoms with Crippen LogP contribution in [0.4, 0.5) is 17.1 Å². The summed E-state index contributed by atoms with van der Waals surface area (Å²) in [6.07, 6.45) is 0. The summed E-state index contributed by atoms with van der Waals surface area (Å²) in [5.74, 6) is 2.78. The zero-order valence-corrected chi connectivity index (χ0v) is 33.8. The summed E-state index contributed by atoms with van der Waals surface area (Å²) >= 11 is 0. The molecule has 0 aromatic heterocycles. The zero-order chi connectivity index (χ0) is 40.5. The number of ether oxygens (including phenoxy) is 2. The molecular weight excluding hydrogens is 743 g/mol. The molecular formula is C58H39NO2. The molecule has 0 saturated carbocycles. The van der Waals surface area contributed by atoms with Crippen LogP contribution < -0.4 is 14.4 Å². The minimum Gasteiger partial charge on any atom is -0.449 e. The van der Waals surface area contributed by atoms with Crippen molar-refractivity contribution in [2.24, 2.45) is 0 Å². The molecule has 1 heterocycles. The van der Waals surface area contributed by atoms with Crippen molar-refractivity contribution in [3.63, 3.8) is 0 Å². The van der Waals surface area contributed by atoms with Gasteiger partial charge in [-0.25, -0.2) is 0 Å². The van der Waals surface area contributed by atoms with E-state index in [2.05, 4.69) is 213 Å². The van der Waals surface area contributed by atoms with E-state index >= 15 is 0 Å². The van der Waals surface area contributed by atoms with E-state index in [9.17, 15) is 0 Å². The summed E-state index contributed by atoms with van der Waals surface area (Å²) in [6, 6.07) is 72.5. The van der Waals surface area contributed by atoms with Crippen molar-refractivity contribution < 1.29 is 9.47 Å². The van der Waals surface area contributed by atoms with Crippen molar-refractivity contribution in [2.75, 3.05) is 4.90 Å². The lowest BCUT2D eigenvalue weighted by molar-refractivity contribution is 0.360. The standard InChI is InChI=1S/C58H39NO2/c1-57(2)46-21-10-6-19-42(46)44-33-37(29-32-47(44)57)36-27-30-39(31-28-36)59(38-15-4-3-5-16-38)52-25-14-26-53-56(52)61-54-34-45-43-20-9-13-24-50(43)58(51(45)35-55(54)60-53)48-22-11-7-17-40(48)41-18-8-12-23-49(41)58/h3-35H,1-2H3. The van der Waals surface area contributed by atoms with Gasteiger partial charge in [-0.3, -0.25) is 0 Å². The Labute approximate surface area is 355 Å². The predicted molar refractivity (Wildman–Crippen MR) is 247 cm³/mol. The first kappa shape index (κ1) is 34.3. The Balaban J connectivity index is 0.913. The molecule has 9 aromatic rings. The number of nitrogens with zero attached hydrogens (tertiary/aromatic N) is 1. The van der Waals surface area contributed by atoms with Gasteiger partial charge >= 0.3 is 0 Å². The molecule has 9 aromatic carbocycles. The highest BCUT2D eigenvalue weighted by atomic mass is 16.6. The van der Waals surface area contributed by atoms with E-state index in [1.165, 1.54) is 77.9 Å². The van der Waals surface area contributed by atoms with E-state index < -0.39 is 5.41 Å². The summed E-state index contributed by atoms with van der Waals surface area (Å²) in [4.78, 5) is 2.27. The molecule has 3 heteroatoms. The van der Waals surface area contributed by atoms with Crippen molar-refractivity contribution in [2.45, 2.75) is 24.7 Å². The van der Waals surface area contributed by atoms with Crippen LogP contribution in [-0.2, 0) is 10.8 Å². The topological polar surface area (TPSA) is 21.7 Å². The first-order valence-electron chi connectivity index (χ1n) is 21.2. The van der Waals surface area contributed by atoms with Crippen LogP contribution in [0.3, 0.4) is 0 Å². The fourth-order valence-electron chi connectivity index (χ4n) is 11.1. The molecule has 1 aliphatic heterocycles. The number of hydrogen-bond donors (Lipinski definition) is 0. The van der Waals surface area contributed by atoms with E-state index in [4.69, 9.17) is 9.47 Å². The van der Waals surface area contributed by atoms with Crippen molar-refractivity contribution >= 4 is 17.1 Å². The van der Waals surface area contributed by atoms with Crippen LogP contribution in [0.1, 0.15) is 47.2 Å². The third-order valence-corrected chi connectivity index (χ3v) is 13.7. The molecule has 3 nitrogen and oxygen atoms in total. The minimum absolute atomic E-state index is 0.0211. The summed E-state index contributed by atoms with van der Waals surface area (Å²) in [7, 11) is 0. The van der Waals surface area contributed by atoms with Crippen LogP contribution in [0.15, 0.2) is 200 Å². The van der Waals surface area contributed by atoms with Gasteiger partial charge in [0.05, 0.1) is 11.1 Å². The summed E-state index contributed by atoms with van der Waals surface area (Å²) in [5.41, 5.74) is 20.3. The van der Waals surface area contributed by atoms with E-state index in [0.717, 1.165) is 17.1 Å². The second-order valence-electron chi connectivity index (χ2n) is 17.2. The van der Waals surface area contributed by atoms with Crippen LogP contribution >= 0.6 is 0 Å². The van der Waals surface area contributed by atoms with Gasteiger partial charge in [0, 0.05) is 16.8 Å². The number of anilines is 3. The summed E-state index contributed by atoms with van der Waals surface area (Å²) in [6.45, 7) is 4.66. The maximum Gasteiger partial charge on any atom is 0.194 e. The van der Waals surface area contributed by atoms with Gasteiger partial charge in [-0.15, -0.1) is 0 Å². The highest BCUT2D eigenvalue weighted by Gasteiger charge is 2.52. The molecule has 3 aliphatic carbocycles. The van der Waals surface area contributed by atoms with Gasteiger partial charge in [-0.2, -0.15) is 0 Å². The molecule has 0 fully saturated rings. The van der Waals surface area contributed by atoms with Crippen molar-refractivity contribution in [3.8, 4) is 67.5 Å². The number of para-hydroxylation sites is 2. The van der Waals surface area contributed by atoms with Crippen molar-refractivity contribution in [3.05, 3.63) is 234 Å². The van der Waals surface area contributed by atoms with Crippen LogP contribution in [0.5, 0.6) is 23.0 Å². The Bertz CT molecular complexity index is 3240. The smallest absolute Gasteiger partial charge is 0.194 e. The molecule has 0 bridgehead atoms. The summed E-state index contributed by atoms with van der Waals surface area (Å²) in [5, 5.41) is 0. The Hall–Kier alpha value is -7.62. The van der Waals surface area contributed by atoms with E-state index in [-0.39, 0.29) is 5.41 Å². The van der Waals surface area contributed by atoms with E-state index in [0.29, 0.717) is 23.0 Å². The minimum atomic E-state index is -0.462. The summed E-state index contributed by atoms with van der Waals surface area (Å²) < 4.78 is 14.0. The van der Waals surface area contributed by atoms with Crippen molar-refractivity contribution in [1.29, 1.82) is 0 Å². The van der Waals surface area contributed by atoms with Gasteiger partial charge in [0.25, 0.3) is 0 Å². The number of hydrogen-bond acceptors (Lipinski definition) is 3. The lowest BCUT2D eigenvalue weighted by Crippen LogP contribution is -2.25. The third-order valence-electron chi connectivity index (χ3n) is 13.7. The molecule has 0 N–H and O–H groups in total. The Morgan fingerprint density at radius 2 is 0.852 bits per heavy atom. The Morgan fingerprint density at radius 1 is 0.344 bits per heavy atom. The lowest BCUT2D eigenvalue weighted by Gasteiger charge is -2.32. The molecule has 1 spiro atoms. The van der Waals surface area contributed by atoms with Crippen LogP contribution in [0, 0.1) is 0 Å². The van der Waals surface area contributed by atoms with Gasteiger partial charge in [-0.1, -0.05) is 159 Å². The lowest BCUT2D eigenvalue weighted by atomic mass is 9.70. The molecule has 4 aliphatic rings. The maximum atomic E-state index is 7.08. The fourth-order valence-corrected chi connectivity index (χ4v) is 11.1. The maximum absolute atomic E-state index is 7.08. The van der Waals surface area contributed by atoms with Gasteiger partial charge in [0.15, 0.2) is 23.0 Å². The second-order valence-corrected chi connectivity index (χ2v) is 17.2. The highest BCUT2D eigenvalue weighted by molar-refractivity contribution is 5.96. The second kappa shape index (κ2) is 12.5. The van der Waals surface area contributed by atoms with Gasteiger partial charge in [0.1, 0.15) is 0 Å². The molecule has 288 valence electrons. The van der Waals surface area contributed by atoms with Crippen LogP contribution in [-0.4, -0.2) is 0 Å². The van der Waals surface area contributed by atoms with E-state index in [1.807, 2.05) is 6.07 Å². The largest absolute Gasteiger partial charge is 0.449 e. The SMILES string of the molecule is CC1(C)c2ccccc2-c2cc(-c3ccc(N(c4ccccc4)c4cccc5c4Oc4cc6c(cc4O5)C4(c5ccccc5-c5ccccc54)c4ccccc4-6)cc3)ccc21. The molecule has 61 heavy (non-hydrogen) atoms. The Morgan fingerprint density at radius 3 is 1.52 bits per heavy atom. The number of fused-ring (bicyclic) bond motifs is 15. The normalized spacial score (nSPS) is 14.6. The first-order chi connectivity index (χ1) is 30.0. The van der Waals surface area contributed by atoms with Crippen LogP contribution in [0.25, 0.3) is 44.5 Å².